The van der Waals surface area contributed by atoms with E-state index in [0.717, 1.165) is 32.7 Å². The molecule has 7 heteroatoms. The molecule has 0 aromatic heterocycles. The average molecular weight is 451 g/mol. The Morgan fingerprint density at radius 3 is 2.21 bits per heavy atom. The first-order valence-electron chi connectivity index (χ1n) is 11.7. The van der Waals surface area contributed by atoms with Crippen molar-refractivity contribution in [2.75, 3.05) is 39.3 Å². The molecule has 2 aromatic carbocycles. The average Bonchev–Trinajstić information content (AvgIpc) is 3.18. The lowest BCUT2D eigenvalue weighted by Crippen LogP contribution is -2.48. The van der Waals surface area contributed by atoms with Crippen molar-refractivity contribution in [1.82, 2.24) is 15.2 Å². The summed E-state index contributed by atoms with van der Waals surface area (Å²) in [7, 11) is 0. The van der Waals surface area contributed by atoms with Gasteiger partial charge in [-0.3, -0.25) is 9.69 Å². The lowest BCUT2D eigenvalue weighted by atomic mass is 9.96. The molecule has 0 bridgehead atoms. The van der Waals surface area contributed by atoms with Crippen LogP contribution in [0.4, 0.5) is 0 Å². The van der Waals surface area contributed by atoms with Crippen molar-refractivity contribution in [2.45, 2.75) is 38.2 Å². The van der Waals surface area contributed by atoms with E-state index in [-0.39, 0.29) is 18.1 Å². The fraction of sp³-hybridized carbons (Fsp3) is 0.462. The van der Waals surface area contributed by atoms with Crippen LogP contribution in [0.3, 0.4) is 0 Å². The van der Waals surface area contributed by atoms with Gasteiger partial charge in [0.05, 0.1) is 18.9 Å². The smallest absolute Gasteiger partial charge is 0.241 e. The van der Waals surface area contributed by atoms with Gasteiger partial charge in [-0.2, -0.15) is 5.10 Å². The molecule has 1 N–H and O–H groups in total. The van der Waals surface area contributed by atoms with Gasteiger partial charge in [0.2, 0.25) is 5.91 Å². The fourth-order valence-corrected chi connectivity index (χ4v) is 4.43. The SMILES string of the molecule is CC1(C)OCC(/C=N/NC(=O)CCN2CCN(C(c3ccccc3)c3ccccc3)CC2)O1. The topological polar surface area (TPSA) is 66.4 Å². The van der Waals surface area contributed by atoms with Crippen molar-refractivity contribution >= 4 is 12.1 Å². The third kappa shape index (κ3) is 6.71. The first kappa shape index (κ1) is 23.6. The summed E-state index contributed by atoms with van der Waals surface area (Å²) in [6, 6.07) is 21.6. The Labute approximate surface area is 196 Å². The second kappa shape index (κ2) is 11.0. The van der Waals surface area contributed by atoms with E-state index in [2.05, 4.69) is 81.0 Å². The summed E-state index contributed by atoms with van der Waals surface area (Å²) >= 11 is 0. The molecule has 7 nitrogen and oxygen atoms in total. The van der Waals surface area contributed by atoms with E-state index in [1.165, 1.54) is 11.1 Å². The molecule has 0 radical (unpaired) electrons. The van der Waals surface area contributed by atoms with E-state index in [0.29, 0.717) is 13.0 Å². The summed E-state index contributed by atoms with van der Waals surface area (Å²) in [6.45, 7) is 8.70. The number of piperazine rings is 1. The Bertz CT molecular complexity index is 872. The molecule has 1 amide bonds. The second-order valence-electron chi connectivity index (χ2n) is 9.03. The number of ether oxygens (including phenoxy) is 2. The quantitative estimate of drug-likeness (QED) is 0.495. The molecule has 2 heterocycles. The molecule has 0 saturated carbocycles. The highest BCUT2D eigenvalue weighted by Gasteiger charge is 2.31. The van der Waals surface area contributed by atoms with Gasteiger partial charge in [0.15, 0.2) is 5.79 Å². The monoisotopic (exact) mass is 450 g/mol. The van der Waals surface area contributed by atoms with E-state index in [9.17, 15) is 4.79 Å². The Balaban J connectivity index is 1.24. The molecule has 2 fully saturated rings. The van der Waals surface area contributed by atoms with Crippen LogP contribution in [0.25, 0.3) is 0 Å². The molecule has 2 aromatic rings. The number of carbonyl (C=O) groups excluding carboxylic acids is 1. The van der Waals surface area contributed by atoms with Crippen molar-refractivity contribution in [3.63, 3.8) is 0 Å². The molecular formula is C26H34N4O3. The maximum Gasteiger partial charge on any atom is 0.241 e. The van der Waals surface area contributed by atoms with Crippen molar-refractivity contribution in [3.8, 4) is 0 Å². The molecule has 33 heavy (non-hydrogen) atoms. The molecule has 4 rings (SSSR count). The summed E-state index contributed by atoms with van der Waals surface area (Å²) < 4.78 is 11.1. The number of amides is 1. The molecule has 0 spiro atoms. The van der Waals surface area contributed by atoms with Crippen LogP contribution in [0.2, 0.25) is 0 Å². The Morgan fingerprint density at radius 2 is 1.67 bits per heavy atom. The van der Waals surface area contributed by atoms with Gasteiger partial charge in [-0.1, -0.05) is 60.7 Å². The number of hydrogen-bond acceptors (Lipinski definition) is 6. The highest BCUT2D eigenvalue weighted by atomic mass is 16.7. The normalized spacial score (nSPS) is 21.6. The van der Waals surface area contributed by atoms with E-state index in [1.54, 1.807) is 6.21 Å². The number of hydrogen-bond donors (Lipinski definition) is 1. The molecule has 2 aliphatic heterocycles. The molecule has 0 aliphatic carbocycles. The first-order chi connectivity index (χ1) is 16.0. The van der Waals surface area contributed by atoms with Gasteiger partial charge < -0.3 is 14.4 Å². The minimum Gasteiger partial charge on any atom is -0.347 e. The molecular weight excluding hydrogens is 416 g/mol. The van der Waals surface area contributed by atoms with Gasteiger partial charge in [-0.15, -0.1) is 0 Å². The van der Waals surface area contributed by atoms with Gasteiger partial charge >= 0.3 is 0 Å². The fourth-order valence-electron chi connectivity index (χ4n) is 4.43. The minimum atomic E-state index is -0.594. The Hall–Kier alpha value is -2.58. The zero-order valence-corrected chi connectivity index (χ0v) is 19.5. The summed E-state index contributed by atoms with van der Waals surface area (Å²) in [6.07, 6.45) is 1.79. The van der Waals surface area contributed by atoms with Crippen LogP contribution in [0, 0.1) is 0 Å². The molecule has 2 saturated heterocycles. The summed E-state index contributed by atoms with van der Waals surface area (Å²) in [5.41, 5.74) is 5.23. The number of carbonyl (C=O) groups is 1. The number of hydrazone groups is 1. The van der Waals surface area contributed by atoms with Gasteiger partial charge in [0, 0.05) is 39.1 Å². The maximum atomic E-state index is 12.2. The van der Waals surface area contributed by atoms with Crippen LogP contribution in [-0.4, -0.2) is 73.1 Å². The Kier molecular flexibility index (Phi) is 7.88. The third-order valence-corrected chi connectivity index (χ3v) is 6.12. The molecule has 1 atom stereocenters. The number of benzene rings is 2. The predicted molar refractivity (Wildman–Crippen MR) is 129 cm³/mol. The van der Waals surface area contributed by atoms with Crippen LogP contribution in [-0.2, 0) is 14.3 Å². The predicted octanol–water partition coefficient (Wildman–Crippen LogP) is 3.04. The van der Waals surface area contributed by atoms with E-state index >= 15 is 0 Å². The van der Waals surface area contributed by atoms with Crippen LogP contribution >= 0.6 is 0 Å². The minimum absolute atomic E-state index is 0.0849. The summed E-state index contributed by atoms with van der Waals surface area (Å²) in [5, 5.41) is 4.03. The lowest BCUT2D eigenvalue weighted by molar-refractivity contribution is -0.130. The van der Waals surface area contributed by atoms with Crippen LogP contribution in [0.15, 0.2) is 65.8 Å². The number of nitrogens with zero attached hydrogens (tertiary/aromatic N) is 3. The van der Waals surface area contributed by atoms with Crippen LogP contribution in [0.1, 0.15) is 37.4 Å². The van der Waals surface area contributed by atoms with Crippen molar-refractivity contribution in [3.05, 3.63) is 71.8 Å². The Morgan fingerprint density at radius 1 is 1.06 bits per heavy atom. The highest BCUT2D eigenvalue weighted by molar-refractivity contribution is 5.77. The molecule has 2 aliphatic rings. The van der Waals surface area contributed by atoms with Gasteiger partial charge in [-0.25, -0.2) is 5.43 Å². The first-order valence-corrected chi connectivity index (χ1v) is 11.7. The van der Waals surface area contributed by atoms with E-state index in [1.807, 2.05) is 13.8 Å². The lowest BCUT2D eigenvalue weighted by Gasteiger charge is -2.39. The third-order valence-electron chi connectivity index (χ3n) is 6.12. The summed E-state index contributed by atoms with van der Waals surface area (Å²) in [4.78, 5) is 17.1. The molecule has 1 unspecified atom stereocenters. The standard InChI is InChI=1S/C26H34N4O3/c1-26(2)32-20-23(33-26)19-27-28-24(31)13-14-29-15-17-30(18-16-29)25(21-9-5-3-6-10-21)22-11-7-4-8-12-22/h3-12,19,23,25H,13-18,20H2,1-2H3,(H,28,31)/b27-19+. The number of rotatable bonds is 8. The zero-order valence-electron chi connectivity index (χ0n) is 19.5. The summed E-state index contributed by atoms with van der Waals surface area (Å²) in [5.74, 6) is -0.679. The van der Waals surface area contributed by atoms with Crippen molar-refractivity contribution in [1.29, 1.82) is 0 Å². The van der Waals surface area contributed by atoms with E-state index < -0.39 is 5.79 Å². The molecule has 176 valence electrons. The maximum absolute atomic E-state index is 12.2. The van der Waals surface area contributed by atoms with Gasteiger partial charge in [0.1, 0.15) is 6.10 Å². The highest BCUT2D eigenvalue weighted by Crippen LogP contribution is 2.29. The zero-order chi connectivity index (χ0) is 23.1. The van der Waals surface area contributed by atoms with Gasteiger partial charge in [-0.05, 0) is 25.0 Å². The number of nitrogens with one attached hydrogen (secondary N) is 1. The second-order valence-corrected chi connectivity index (χ2v) is 9.03. The van der Waals surface area contributed by atoms with Crippen LogP contribution in [0.5, 0.6) is 0 Å². The largest absolute Gasteiger partial charge is 0.347 e. The van der Waals surface area contributed by atoms with E-state index in [4.69, 9.17) is 9.47 Å². The van der Waals surface area contributed by atoms with Crippen molar-refractivity contribution < 1.29 is 14.3 Å². The van der Waals surface area contributed by atoms with Crippen molar-refractivity contribution in [2.24, 2.45) is 5.10 Å². The van der Waals surface area contributed by atoms with Gasteiger partial charge in [0.25, 0.3) is 0 Å². The van der Waals surface area contributed by atoms with Crippen LogP contribution < -0.4 is 5.43 Å².